The van der Waals surface area contributed by atoms with Gasteiger partial charge in [0.2, 0.25) is 0 Å². The van der Waals surface area contributed by atoms with Crippen LogP contribution < -0.4 is 9.47 Å². The van der Waals surface area contributed by atoms with E-state index in [0.717, 1.165) is 55.0 Å². The summed E-state index contributed by atoms with van der Waals surface area (Å²) in [6.07, 6.45) is 0. The van der Waals surface area contributed by atoms with Crippen LogP contribution in [-0.2, 0) is 0 Å². The number of H-pyrrole nitrogens is 2. The third kappa shape index (κ3) is 2.61. The number of hydrogen-bond acceptors (Lipinski definition) is 5. The highest BCUT2D eigenvalue weighted by molar-refractivity contribution is 7.19. The molecular formula is C22H18N4O2S. The van der Waals surface area contributed by atoms with E-state index >= 15 is 0 Å². The molecule has 3 aromatic heterocycles. The van der Waals surface area contributed by atoms with Crippen molar-refractivity contribution in [2.75, 3.05) is 13.2 Å². The van der Waals surface area contributed by atoms with Crippen molar-refractivity contribution in [3.63, 3.8) is 0 Å². The normalized spacial score (nSPS) is 13.4. The Morgan fingerprint density at radius 3 is 1.72 bits per heavy atom. The molecule has 0 saturated heterocycles. The maximum atomic E-state index is 6.01. The molecule has 6 rings (SSSR count). The van der Waals surface area contributed by atoms with Crippen molar-refractivity contribution in [1.82, 2.24) is 19.9 Å². The predicted octanol–water partition coefficient (Wildman–Crippen LogP) is 5.22. The summed E-state index contributed by atoms with van der Waals surface area (Å²) >= 11 is 1.58. The van der Waals surface area contributed by atoms with E-state index in [2.05, 4.69) is 48.1 Å². The Labute approximate surface area is 170 Å². The van der Waals surface area contributed by atoms with Crippen LogP contribution in [0.15, 0.2) is 36.4 Å². The number of nitrogens with one attached hydrogen (secondary N) is 2. The van der Waals surface area contributed by atoms with Crippen molar-refractivity contribution in [2.24, 2.45) is 0 Å². The van der Waals surface area contributed by atoms with Crippen LogP contribution >= 0.6 is 11.3 Å². The number of nitrogens with zero attached hydrogens (tertiary/aromatic N) is 2. The van der Waals surface area contributed by atoms with Crippen LogP contribution in [0.2, 0.25) is 0 Å². The Morgan fingerprint density at radius 2 is 1.24 bits per heavy atom. The first-order valence-electron chi connectivity index (χ1n) is 9.51. The third-order valence-electron chi connectivity index (χ3n) is 5.10. The third-order valence-corrected chi connectivity index (χ3v) is 6.27. The maximum Gasteiger partial charge on any atom is 0.183 e. The van der Waals surface area contributed by atoms with Crippen LogP contribution in [0.1, 0.15) is 11.1 Å². The number of aryl methyl sites for hydroxylation is 2. The molecule has 5 aromatic rings. The number of benzene rings is 2. The van der Waals surface area contributed by atoms with Gasteiger partial charge in [0.15, 0.2) is 23.1 Å². The zero-order valence-electron chi connectivity index (χ0n) is 16.0. The van der Waals surface area contributed by atoms with Gasteiger partial charge in [-0.1, -0.05) is 12.1 Å². The minimum atomic E-state index is 0.523. The van der Waals surface area contributed by atoms with E-state index in [-0.39, 0.29) is 0 Å². The number of aromatic amines is 2. The molecule has 1 aliphatic heterocycles. The van der Waals surface area contributed by atoms with Crippen molar-refractivity contribution < 1.29 is 9.47 Å². The molecule has 29 heavy (non-hydrogen) atoms. The lowest BCUT2D eigenvalue weighted by molar-refractivity contribution is 0.174. The van der Waals surface area contributed by atoms with Crippen LogP contribution in [0.25, 0.3) is 43.5 Å². The molecular weight excluding hydrogens is 384 g/mol. The van der Waals surface area contributed by atoms with Gasteiger partial charge in [0.25, 0.3) is 0 Å². The van der Waals surface area contributed by atoms with Crippen molar-refractivity contribution in [1.29, 1.82) is 0 Å². The van der Waals surface area contributed by atoms with E-state index < -0.39 is 0 Å². The fourth-order valence-electron chi connectivity index (χ4n) is 3.72. The number of aromatic nitrogens is 4. The molecule has 4 heterocycles. The first kappa shape index (κ1) is 16.6. The van der Waals surface area contributed by atoms with Crippen LogP contribution in [-0.4, -0.2) is 33.1 Å². The van der Waals surface area contributed by atoms with Crippen molar-refractivity contribution in [3.05, 3.63) is 47.5 Å². The minimum absolute atomic E-state index is 0.523. The Bertz CT molecular complexity index is 1290. The van der Waals surface area contributed by atoms with E-state index in [1.54, 1.807) is 11.3 Å². The van der Waals surface area contributed by atoms with Gasteiger partial charge in [0.05, 0.1) is 22.1 Å². The second-order valence-electron chi connectivity index (χ2n) is 7.33. The van der Waals surface area contributed by atoms with E-state index in [0.29, 0.717) is 13.2 Å². The quantitative estimate of drug-likeness (QED) is 0.424. The Hall–Kier alpha value is -3.32. The molecule has 0 radical (unpaired) electrons. The molecule has 6 nitrogen and oxygen atoms in total. The molecule has 0 fully saturated rings. The monoisotopic (exact) mass is 402 g/mol. The Morgan fingerprint density at radius 1 is 0.759 bits per heavy atom. The topological polar surface area (TPSA) is 75.8 Å². The summed E-state index contributed by atoms with van der Waals surface area (Å²) in [6.45, 7) is 5.19. The van der Waals surface area contributed by atoms with Crippen LogP contribution in [0.4, 0.5) is 0 Å². The van der Waals surface area contributed by atoms with Gasteiger partial charge < -0.3 is 19.4 Å². The van der Waals surface area contributed by atoms with Gasteiger partial charge >= 0.3 is 0 Å². The standard InChI is InChI=1S/C22H18N4O2S/c1-11-3-5-13-15(9-11)25-21(23-13)19-17-18(28-8-7-27-17)20(29-19)22-24-14-6-4-12(2)10-16(14)26-22/h3-6,9-10H,7-8H2,1-2H3,(H,23,25)(H,24,26). The maximum absolute atomic E-state index is 6.01. The van der Waals surface area contributed by atoms with Gasteiger partial charge in [-0.2, -0.15) is 0 Å². The molecule has 2 N–H and O–H groups in total. The number of fused-ring (bicyclic) bond motifs is 3. The lowest BCUT2D eigenvalue weighted by Gasteiger charge is -2.16. The van der Waals surface area contributed by atoms with Crippen LogP contribution in [0, 0.1) is 13.8 Å². The summed E-state index contributed by atoms with van der Waals surface area (Å²) in [7, 11) is 0. The van der Waals surface area contributed by atoms with Crippen molar-refractivity contribution >= 4 is 33.4 Å². The van der Waals surface area contributed by atoms with Gasteiger partial charge in [-0.3, -0.25) is 0 Å². The summed E-state index contributed by atoms with van der Waals surface area (Å²) in [5.74, 6) is 3.05. The summed E-state index contributed by atoms with van der Waals surface area (Å²) in [5, 5.41) is 0. The second kappa shape index (κ2) is 6.09. The molecule has 2 aromatic carbocycles. The molecule has 0 aliphatic carbocycles. The lowest BCUT2D eigenvalue weighted by Crippen LogP contribution is -2.15. The molecule has 1 aliphatic rings. The molecule has 0 saturated carbocycles. The average Bonchev–Trinajstić information content (AvgIpc) is 3.41. The lowest BCUT2D eigenvalue weighted by atomic mass is 10.2. The molecule has 7 heteroatoms. The largest absolute Gasteiger partial charge is 0.484 e. The molecule has 0 spiro atoms. The zero-order chi connectivity index (χ0) is 19.5. The van der Waals surface area contributed by atoms with Gasteiger partial charge in [0, 0.05) is 0 Å². The summed E-state index contributed by atoms with van der Waals surface area (Å²) in [4.78, 5) is 18.3. The summed E-state index contributed by atoms with van der Waals surface area (Å²) < 4.78 is 12.0. The zero-order valence-corrected chi connectivity index (χ0v) is 16.8. The number of thiophene rings is 1. The molecule has 0 unspecified atom stereocenters. The van der Waals surface area contributed by atoms with Gasteiger partial charge in [-0.25, -0.2) is 9.97 Å². The van der Waals surface area contributed by atoms with Crippen LogP contribution in [0.3, 0.4) is 0 Å². The predicted molar refractivity (Wildman–Crippen MR) is 115 cm³/mol. The fourth-order valence-corrected chi connectivity index (χ4v) is 4.80. The number of rotatable bonds is 2. The smallest absolute Gasteiger partial charge is 0.183 e. The van der Waals surface area contributed by atoms with Crippen LogP contribution in [0.5, 0.6) is 11.5 Å². The molecule has 0 amide bonds. The highest BCUT2D eigenvalue weighted by Gasteiger charge is 2.29. The van der Waals surface area contributed by atoms with Crippen molar-refractivity contribution in [2.45, 2.75) is 13.8 Å². The Balaban J connectivity index is 1.55. The second-order valence-corrected chi connectivity index (χ2v) is 8.35. The van der Waals surface area contributed by atoms with E-state index in [9.17, 15) is 0 Å². The van der Waals surface area contributed by atoms with Crippen molar-refractivity contribution in [3.8, 4) is 32.9 Å². The molecule has 0 bridgehead atoms. The van der Waals surface area contributed by atoms with Gasteiger partial charge in [0.1, 0.15) is 23.0 Å². The average molecular weight is 402 g/mol. The summed E-state index contributed by atoms with van der Waals surface area (Å²) in [5.41, 5.74) is 6.28. The Kier molecular flexibility index (Phi) is 3.49. The highest BCUT2D eigenvalue weighted by atomic mass is 32.1. The molecule has 0 atom stereocenters. The minimum Gasteiger partial charge on any atom is -0.484 e. The first-order chi connectivity index (χ1) is 14.2. The van der Waals surface area contributed by atoms with Gasteiger partial charge in [-0.05, 0) is 49.2 Å². The summed E-state index contributed by atoms with van der Waals surface area (Å²) in [6, 6.07) is 12.4. The van der Waals surface area contributed by atoms with E-state index in [1.807, 2.05) is 12.1 Å². The first-order valence-corrected chi connectivity index (χ1v) is 10.3. The SMILES string of the molecule is Cc1ccc2nc(-c3sc(-c4nc5ccc(C)cc5[nH]4)c4c3OCCO4)[nH]c2c1. The molecule has 144 valence electrons. The van der Waals surface area contributed by atoms with Gasteiger partial charge in [-0.15, -0.1) is 11.3 Å². The number of hydrogen-bond donors (Lipinski definition) is 2. The van der Waals surface area contributed by atoms with E-state index in [1.165, 1.54) is 11.1 Å². The number of imidazole rings is 2. The number of ether oxygens (including phenoxy) is 2. The highest BCUT2D eigenvalue weighted by Crippen LogP contribution is 2.52. The fraction of sp³-hybridized carbons (Fsp3) is 0.182. The van der Waals surface area contributed by atoms with E-state index in [4.69, 9.17) is 19.4 Å².